The van der Waals surface area contributed by atoms with Gasteiger partial charge in [-0.15, -0.1) is 0 Å². The van der Waals surface area contributed by atoms with E-state index in [2.05, 4.69) is 52.1 Å². The van der Waals surface area contributed by atoms with Gasteiger partial charge in [0.25, 0.3) is 0 Å². The van der Waals surface area contributed by atoms with Crippen molar-refractivity contribution >= 4 is 0 Å². The highest BCUT2D eigenvalue weighted by Gasteiger charge is 2.27. The van der Waals surface area contributed by atoms with E-state index in [0.717, 1.165) is 12.2 Å². The normalized spacial score (nSPS) is 17.9. The zero-order valence-electron chi connectivity index (χ0n) is 17.5. The van der Waals surface area contributed by atoms with Gasteiger partial charge in [-0.25, -0.2) is 0 Å². The summed E-state index contributed by atoms with van der Waals surface area (Å²) in [5.41, 5.74) is 1.77. The van der Waals surface area contributed by atoms with Crippen LogP contribution in [0.1, 0.15) is 78.7 Å². The van der Waals surface area contributed by atoms with E-state index < -0.39 is 6.10 Å². The van der Waals surface area contributed by atoms with Crippen molar-refractivity contribution < 1.29 is 9.84 Å². The minimum atomic E-state index is -0.464. The van der Waals surface area contributed by atoms with Crippen molar-refractivity contribution in [3.05, 3.63) is 29.8 Å². The van der Waals surface area contributed by atoms with E-state index in [9.17, 15) is 5.11 Å². The molecule has 0 spiro atoms. The van der Waals surface area contributed by atoms with Crippen molar-refractivity contribution in [1.29, 1.82) is 0 Å². The fourth-order valence-electron chi connectivity index (χ4n) is 4.29. The summed E-state index contributed by atoms with van der Waals surface area (Å²) < 4.78 is 5.79. The molecule has 2 N–H and O–H groups in total. The monoisotopic (exact) mass is 361 g/mol. The average molecular weight is 362 g/mol. The van der Waals surface area contributed by atoms with Crippen molar-refractivity contribution in [3.8, 4) is 5.75 Å². The Morgan fingerprint density at radius 1 is 1.04 bits per heavy atom. The van der Waals surface area contributed by atoms with Crippen LogP contribution in [0.5, 0.6) is 5.75 Å². The third-order valence-corrected chi connectivity index (χ3v) is 5.30. The van der Waals surface area contributed by atoms with Crippen molar-refractivity contribution in [1.82, 2.24) is 5.32 Å². The second-order valence-corrected chi connectivity index (χ2v) is 9.85. The van der Waals surface area contributed by atoms with Crippen molar-refractivity contribution in [3.63, 3.8) is 0 Å². The third kappa shape index (κ3) is 7.28. The van der Waals surface area contributed by atoms with Crippen LogP contribution in [-0.4, -0.2) is 30.4 Å². The molecule has 0 bridgehead atoms. The van der Waals surface area contributed by atoms with Gasteiger partial charge in [0, 0.05) is 12.6 Å². The Hall–Kier alpha value is -1.06. The number of aliphatic hydroxyl groups is 1. The van der Waals surface area contributed by atoms with Crippen LogP contribution in [0.25, 0.3) is 0 Å². The quantitative estimate of drug-likeness (QED) is 0.680. The highest BCUT2D eigenvalue weighted by molar-refractivity contribution is 5.31. The number of hydrogen-bond donors (Lipinski definition) is 2. The lowest BCUT2D eigenvalue weighted by Crippen LogP contribution is -2.38. The summed E-state index contributed by atoms with van der Waals surface area (Å²) in [6, 6.07) is 8.95. The molecule has 0 aliphatic heterocycles. The van der Waals surface area contributed by atoms with Gasteiger partial charge < -0.3 is 15.2 Å². The molecule has 0 saturated heterocycles. The average Bonchev–Trinajstić information content (AvgIpc) is 2.57. The molecule has 3 heteroatoms. The van der Waals surface area contributed by atoms with Crippen LogP contribution in [0.15, 0.2) is 24.3 Å². The van der Waals surface area contributed by atoms with Crippen LogP contribution >= 0.6 is 0 Å². The first-order chi connectivity index (χ1) is 12.2. The molecule has 3 nitrogen and oxygen atoms in total. The lowest BCUT2D eigenvalue weighted by atomic mass is 9.72. The highest BCUT2D eigenvalue weighted by Crippen LogP contribution is 2.36. The molecule has 0 heterocycles. The van der Waals surface area contributed by atoms with E-state index in [4.69, 9.17) is 4.74 Å². The Balaban J connectivity index is 1.77. The van der Waals surface area contributed by atoms with Gasteiger partial charge in [0.2, 0.25) is 0 Å². The lowest BCUT2D eigenvalue weighted by molar-refractivity contribution is 0.102. The lowest BCUT2D eigenvalue weighted by Gasteiger charge is -2.33. The maximum Gasteiger partial charge on any atom is 0.119 e. The van der Waals surface area contributed by atoms with Gasteiger partial charge in [-0.3, -0.25) is 0 Å². The predicted octanol–water partition coefficient (Wildman–Crippen LogP) is 5.06. The van der Waals surface area contributed by atoms with Gasteiger partial charge in [0.15, 0.2) is 0 Å². The maximum atomic E-state index is 10.2. The van der Waals surface area contributed by atoms with Crippen LogP contribution in [0.2, 0.25) is 0 Å². The topological polar surface area (TPSA) is 41.5 Å². The van der Waals surface area contributed by atoms with E-state index in [1.54, 1.807) is 0 Å². The summed E-state index contributed by atoms with van der Waals surface area (Å²) in [5.74, 6) is 0.831. The molecule has 1 aliphatic carbocycles. The molecule has 0 unspecified atom stereocenters. The fraction of sp³-hybridized carbons (Fsp3) is 0.739. The Morgan fingerprint density at radius 2 is 1.65 bits per heavy atom. The van der Waals surface area contributed by atoms with E-state index >= 15 is 0 Å². The van der Waals surface area contributed by atoms with Gasteiger partial charge in [0.05, 0.1) is 0 Å². The SMILES string of the molecule is CC(C)(C)CC(C)(C)c1ccc(OC[C@@H](O)CNC2CCCCC2)cc1. The summed E-state index contributed by atoms with van der Waals surface area (Å²) in [4.78, 5) is 0. The van der Waals surface area contributed by atoms with E-state index in [1.165, 1.54) is 37.7 Å². The summed E-state index contributed by atoms with van der Waals surface area (Å²) in [5, 5.41) is 13.6. The van der Waals surface area contributed by atoms with E-state index in [1.807, 2.05) is 12.1 Å². The molecule has 1 fully saturated rings. The summed E-state index contributed by atoms with van der Waals surface area (Å²) in [6.07, 6.45) is 7.11. The first-order valence-corrected chi connectivity index (χ1v) is 10.3. The van der Waals surface area contributed by atoms with Crippen LogP contribution in [0, 0.1) is 5.41 Å². The molecule has 2 rings (SSSR count). The molecule has 1 atom stereocenters. The standard InChI is InChI=1S/C23H39NO2/c1-22(2,3)17-23(4,5)18-11-13-21(14-12-18)26-16-20(25)15-24-19-9-7-6-8-10-19/h11-14,19-20,24-25H,6-10,15-17H2,1-5H3/t20-/m0/s1. The number of rotatable bonds is 8. The maximum absolute atomic E-state index is 10.2. The molecule has 0 radical (unpaired) electrons. The number of benzene rings is 1. The van der Waals surface area contributed by atoms with Crippen molar-refractivity contribution in [2.24, 2.45) is 5.41 Å². The molecular weight excluding hydrogens is 322 g/mol. The van der Waals surface area contributed by atoms with E-state index in [0.29, 0.717) is 24.6 Å². The van der Waals surface area contributed by atoms with Gasteiger partial charge in [-0.1, -0.05) is 66.0 Å². The van der Waals surface area contributed by atoms with Crippen LogP contribution in [0.3, 0.4) is 0 Å². The summed E-state index contributed by atoms with van der Waals surface area (Å²) >= 11 is 0. The number of aliphatic hydroxyl groups excluding tert-OH is 1. The minimum Gasteiger partial charge on any atom is -0.491 e. The third-order valence-electron chi connectivity index (χ3n) is 5.30. The number of ether oxygens (including phenoxy) is 1. The Morgan fingerprint density at radius 3 is 2.23 bits per heavy atom. The highest BCUT2D eigenvalue weighted by atomic mass is 16.5. The zero-order valence-corrected chi connectivity index (χ0v) is 17.5. The first kappa shape index (κ1) is 21.2. The molecule has 1 aromatic carbocycles. The second-order valence-electron chi connectivity index (χ2n) is 9.85. The van der Waals surface area contributed by atoms with Gasteiger partial charge in [-0.05, 0) is 47.8 Å². The number of hydrogen-bond acceptors (Lipinski definition) is 3. The molecular formula is C23H39NO2. The van der Waals surface area contributed by atoms with Gasteiger partial charge >= 0.3 is 0 Å². The zero-order chi connectivity index (χ0) is 19.2. The number of nitrogens with one attached hydrogen (secondary N) is 1. The Kier molecular flexibility index (Phi) is 7.54. The molecule has 0 aromatic heterocycles. The fourth-order valence-corrected chi connectivity index (χ4v) is 4.29. The molecule has 1 saturated carbocycles. The molecule has 0 amide bonds. The molecule has 1 aromatic rings. The van der Waals surface area contributed by atoms with Crippen LogP contribution in [-0.2, 0) is 5.41 Å². The summed E-state index contributed by atoms with van der Waals surface area (Å²) in [6.45, 7) is 12.4. The first-order valence-electron chi connectivity index (χ1n) is 10.3. The molecule has 148 valence electrons. The van der Waals surface area contributed by atoms with E-state index in [-0.39, 0.29) is 5.41 Å². The second kappa shape index (κ2) is 9.23. The van der Waals surface area contributed by atoms with Gasteiger partial charge in [-0.2, -0.15) is 0 Å². The van der Waals surface area contributed by atoms with Crippen LogP contribution in [0.4, 0.5) is 0 Å². The largest absolute Gasteiger partial charge is 0.491 e. The predicted molar refractivity (Wildman–Crippen MR) is 110 cm³/mol. The van der Waals surface area contributed by atoms with Crippen molar-refractivity contribution in [2.75, 3.05) is 13.2 Å². The Labute approximate surface area is 160 Å². The molecule has 1 aliphatic rings. The Bertz CT molecular complexity index is 524. The smallest absolute Gasteiger partial charge is 0.119 e. The van der Waals surface area contributed by atoms with Crippen LogP contribution < -0.4 is 10.1 Å². The minimum absolute atomic E-state index is 0.139. The summed E-state index contributed by atoms with van der Waals surface area (Å²) in [7, 11) is 0. The molecule has 26 heavy (non-hydrogen) atoms. The van der Waals surface area contributed by atoms with Gasteiger partial charge in [0.1, 0.15) is 18.5 Å². The van der Waals surface area contributed by atoms with Crippen molar-refractivity contribution in [2.45, 2.75) is 90.7 Å².